The minimum Gasteiger partial charge on any atom is -0.372 e. The molecule has 0 amide bonds. The first-order chi connectivity index (χ1) is 8.26. The lowest BCUT2D eigenvalue weighted by molar-refractivity contribution is -0.0586. The fourth-order valence-corrected chi connectivity index (χ4v) is 2.92. The van der Waals surface area contributed by atoms with Crippen LogP contribution in [0.2, 0.25) is 0 Å². The molecule has 1 aliphatic heterocycles. The number of rotatable bonds is 7. The van der Waals surface area contributed by atoms with Gasteiger partial charge in [-0.2, -0.15) is 0 Å². The first-order valence-corrected chi connectivity index (χ1v) is 7.64. The van der Waals surface area contributed by atoms with Crippen LogP contribution in [-0.4, -0.2) is 36.2 Å². The van der Waals surface area contributed by atoms with Gasteiger partial charge in [-0.15, -0.1) is 0 Å². The molecule has 0 aromatic heterocycles. The summed E-state index contributed by atoms with van der Waals surface area (Å²) in [6, 6.07) is 0.762. The van der Waals surface area contributed by atoms with Gasteiger partial charge in [-0.1, -0.05) is 39.0 Å². The Hall–Kier alpha value is -0.0800. The third-order valence-corrected chi connectivity index (χ3v) is 4.43. The Morgan fingerprint density at radius 2 is 1.94 bits per heavy atom. The summed E-state index contributed by atoms with van der Waals surface area (Å²) in [6.07, 6.45) is 11.0. The molecule has 2 heteroatoms. The summed E-state index contributed by atoms with van der Waals surface area (Å²) in [5, 5.41) is 0. The third kappa shape index (κ3) is 3.96. The van der Waals surface area contributed by atoms with Gasteiger partial charge in [0, 0.05) is 19.1 Å². The summed E-state index contributed by atoms with van der Waals surface area (Å²) in [5.74, 6) is 0. The van der Waals surface area contributed by atoms with Crippen LogP contribution in [0.25, 0.3) is 0 Å². The van der Waals surface area contributed by atoms with Crippen LogP contribution < -0.4 is 0 Å². The molecule has 0 radical (unpaired) electrons. The van der Waals surface area contributed by atoms with Crippen LogP contribution in [0.15, 0.2) is 0 Å². The smallest absolute Gasteiger partial charge is 0.0811 e. The summed E-state index contributed by atoms with van der Waals surface area (Å²) < 4.78 is 5.87. The van der Waals surface area contributed by atoms with Crippen LogP contribution in [0, 0.1) is 0 Å². The van der Waals surface area contributed by atoms with Crippen molar-refractivity contribution in [1.82, 2.24) is 4.90 Å². The lowest BCUT2D eigenvalue weighted by Gasteiger charge is -2.37. The molecule has 1 heterocycles. The van der Waals surface area contributed by atoms with Gasteiger partial charge in [0.15, 0.2) is 0 Å². The minimum atomic E-state index is 0.300. The maximum Gasteiger partial charge on any atom is 0.0811 e. The van der Waals surface area contributed by atoms with Crippen LogP contribution in [0.3, 0.4) is 0 Å². The van der Waals surface area contributed by atoms with Crippen molar-refractivity contribution in [1.29, 1.82) is 0 Å². The van der Waals surface area contributed by atoms with E-state index in [4.69, 9.17) is 4.74 Å². The Balaban J connectivity index is 1.60. The van der Waals surface area contributed by atoms with Gasteiger partial charge in [0.05, 0.1) is 12.2 Å². The summed E-state index contributed by atoms with van der Waals surface area (Å²) in [7, 11) is 0. The molecule has 2 aliphatic rings. The maximum atomic E-state index is 5.87. The fraction of sp³-hybridized carbons (Fsp3) is 1.00. The number of hydrogen-bond acceptors (Lipinski definition) is 2. The van der Waals surface area contributed by atoms with Gasteiger partial charge < -0.3 is 4.74 Å². The molecular formula is C15H29NO. The number of unbranched alkanes of at least 4 members (excludes halogenated alkanes) is 4. The van der Waals surface area contributed by atoms with Crippen molar-refractivity contribution < 1.29 is 4.74 Å². The van der Waals surface area contributed by atoms with Crippen LogP contribution in [0.4, 0.5) is 0 Å². The molecule has 1 aliphatic carbocycles. The predicted octanol–water partition coefficient (Wildman–Crippen LogP) is 3.60. The van der Waals surface area contributed by atoms with Crippen LogP contribution in [0.1, 0.15) is 65.2 Å². The highest BCUT2D eigenvalue weighted by Crippen LogP contribution is 2.42. The molecule has 1 saturated carbocycles. The van der Waals surface area contributed by atoms with E-state index in [0.29, 0.717) is 5.60 Å². The van der Waals surface area contributed by atoms with E-state index >= 15 is 0 Å². The van der Waals surface area contributed by atoms with Crippen molar-refractivity contribution >= 4 is 0 Å². The van der Waals surface area contributed by atoms with Crippen molar-refractivity contribution in [2.75, 3.05) is 19.7 Å². The molecule has 1 atom stereocenters. The minimum absolute atomic E-state index is 0.300. The van der Waals surface area contributed by atoms with Crippen molar-refractivity contribution in [2.45, 2.75) is 76.9 Å². The second kappa shape index (κ2) is 6.19. The van der Waals surface area contributed by atoms with Crippen molar-refractivity contribution in [3.63, 3.8) is 0 Å². The normalized spacial score (nSPS) is 25.1. The summed E-state index contributed by atoms with van der Waals surface area (Å²) in [5.41, 5.74) is 0.300. The SMILES string of the molecule is CCCCCCCC(C)N1CCOC2(CC2)C1. The topological polar surface area (TPSA) is 12.5 Å². The number of ether oxygens (including phenoxy) is 1. The highest BCUT2D eigenvalue weighted by molar-refractivity contribution is 5.01. The van der Waals surface area contributed by atoms with Gasteiger partial charge >= 0.3 is 0 Å². The van der Waals surface area contributed by atoms with Crippen LogP contribution >= 0.6 is 0 Å². The van der Waals surface area contributed by atoms with Crippen molar-refractivity contribution in [3.05, 3.63) is 0 Å². The molecule has 0 aromatic rings. The largest absolute Gasteiger partial charge is 0.372 e. The molecule has 1 saturated heterocycles. The molecule has 1 unspecified atom stereocenters. The molecular weight excluding hydrogens is 210 g/mol. The predicted molar refractivity (Wildman–Crippen MR) is 72.3 cm³/mol. The molecule has 100 valence electrons. The molecule has 0 bridgehead atoms. The van der Waals surface area contributed by atoms with E-state index < -0.39 is 0 Å². The number of nitrogens with zero attached hydrogens (tertiary/aromatic N) is 1. The zero-order valence-corrected chi connectivity index (χ0v) is 11.7. The second-order valence-corrected chi connectivity index (χ2v) is 6.05. The van der Waals surface area contributed by atoms with E-state index in [1.54, 1.807) is 0 Å². The monoisotopic (exact) mass is 239 g/mol. The first-order valence-electron chi connectivity index (χ1n) is 7.64. The van der Waals surface area contributed by atoms with Gasteiger partial charge in [0.1, 0.15) is 0 Å². The van der Waals surface area contributed by atoms with Crippen LogP contribution in [0.5, 0.6) is 0 Å². The van der Waals surface area contributed by atoms with Crippen molar-refractivity contribution in [3.8, 4) is 0 Å². The maximum absolute atomic E-state index is 5.87. The van der Waals surface area contributed by atoms with Gasteiger partial charge in [-0.3, -0.25) is 4.90 Å². The van der Waals surface area contributed by atoms with Crippen LogP contribution in [-0.2, 0) is 4.74 Å². The average Bonchev–Trinajstić information content (AvgIpc) is 3.08. The highest BCUT2D eigenvalue weighted by Gasteiger charge is 2.47. The Kier molecular flexibility index (Phi) is 4.87. The van der Waals surface area contributed by atoms with E-state index in [0.717, 1.165) is 19.2 Å². The molecule has 0 N–H and O–H groups in total. The third-order valence-electron chi connectivity index (χ3n) is 4.43. The standard InChI is InChI=1S/C15H29NO/c1-3-4-5-6-7-8-14(2)16-11-12-17-15(13-16)9-10-15/h14H,3-13H2,1-2H3. The second-order valence-electron chi connectivity index (χ2n) is 6.05. The zero-order valence-electron chi connectivity index (χ0n) is 11.7. The van der Waals surface area contributed by atoms with Gasteiger partial charge in [0.25, 0.3) is 0 Å². The van der Waals surface area contributed by atoms with Gasteiger partial charge in [-0.05, 0) is 26.2 Å². The lowest BCUT2D eigenvalue weighted by Crippen LogP contribution is -2.47. The highest BCUT2D eigenvalue weighted by atomic mass is 16.5. The van der Waals surface area contributed by atoms with E-state index in [9.17, 15) is 0 Å². The summed E-state index contributed by atoms with van der Waals surface area (Å²) in [6.45, 7) is 7.99. The average molecular weight is 239 g/mol. The van der Waals surface area contributed by atoms with Crippen molar-refractivity contribution in [2.24, 2.45) is 0 Å². The van der Waals surface area contributed by atoms with E-state index in [2.05, 4.69) is 18.7 Å². The lowest BCUT2D eigenvalue weighted by atomic mass is 10.1. The van der Waals surface area contributed by atoms with E-state index in [-0.39, 0.29) is 0 Å². The quantitative estimate of drug-likeness (QED) is 0.629. The molecule has 2 rings (SSSR count). The Morgan fingerprint density at radius 1 is 1.18 bits per heavy atom. The summed E-state index contributed by atoms with van der Waals surface area (Å²) in [4.78, 5) is 2.66. The van der Waals surface area contributed by atoms with Gasteiger partial charge in [-0.25, -0.2) is 0 Å². The molecule has 2 nitrogen and oxygen atoms in total. The summed E-state index contributed by atoms with van der Waals surface area (Å²) >= 11 is 0. The molecule has 17 heavy (non-hydrogen) atoms. The molecule has 0 aromatic carbocycles. The van der Waals surface area contributed by atoms with E-state index in [1.807, 2.05) is 0 Å². The van der Waals surface area contributed by atoms with E-state index in [1.165, 1.54) is 57.9 Å². The fourth-order valence-electron chi connectivity index (χ4n) is 2.92. The Labute approximate surface area is 107 Å². The zero-order chi connectivity index (χ0) is 12.1. The molecule has 2 fully saturated rings. The Bertz CT molecular complexity index is 225. The molecule has 1 spiro atoms. The van der Waals surface area contributed by atoms with Gasteiger partial charge in [0.2, 0.25) is 0 Å². The first kappa shape index (κ1) is 13.4. The number of hydrogen-bond donors (Lipinski definition) is 0. The number of morpholine rings is 1. The Morgan fingerprint density at radius 3 is 2.65 bits per heavy atom.